The number of aryl methyl sites for hydroxylation is 1. The molecule has 0 aromatic carbocycles. The molecule has 7 nitrogen and oxygen atoms in total. The number of aliphatic hydroxyl groups excluding tert-OH is 1. The molecule has 1 atom stereocenters. The normalized spacial score (nSPS) is 19.5. The number of likely N-dealkylation sites (tertiary alicyclic amines) is 1. The van der Waals surface area contributed by atoms with Gasteiger partial charge in [0.1, 0.15) is 0 Å². The average molecular weight is 275 g/mol. The zero-order valence-electron chi connectivity index (χ0n) is 11.4. The van der Waals surface area contributed by atoms with Gasteiger partial charge in [0, 0.05) is 31.6 Å². The smallest absolute Gasteiger partial charge is 0.293 e. The molecule has 3 rings (SSSR count). The van der Waals surface area contributed by atoms with Gasteiger partial charge in [0.25, 0.3) is 11.7 Å². The Hall–Kier alpha value is -2.02. The lowest BCUT2D eigenvalue weighted by atomic mass is 9.99. The van der Waals surface area contributed by atoms with E-state index in [0.717, 1.165) is 18.5 Å². The third-order valence-electron chi connectivity index (χ3n) is 3.69. The topological polar surface area (TPSA) is 83.6 Å². The van der Waals surface area contributed by atoms with E-state index in [-0.39, 0.29) is 24.3 Å². The number of aromatic nitrogens is 4. The highest BCUT2D eigenvalue weighted by Crippen LogP contribution is 2.17. The number of aliphatic hydroxyl groups is 1. The summed E-state index contributed by atoms with van der Waals surface area (Å²) in [7, 11) is 0. The molecule has 1 saturated heterocycles. The highest BCUT2D eigenvalue weighted by atomic mass is 16.3. The second-order valence-corrected chi connectivity index (χ2v) is 5.18. The molecule has 1 aliphatic rings. The summed E-state index contributed by atoms with van der Waals surface area (Å²) in [6.45, 7) is 3.26. The molecule has 0 bridgehead atoms. The van der Waals surface area contributed by atoms with Crippen LogP contribution in [0.5, 0.6) is 0 Å². The lowest BCUT2D eigenvalue weighted by molar-refractivity contribution is 0.0609. The predicted molar refractivity (Wildman–Crippen MR) is 71.2 cm³/mol. The molecule has 1 aliphatic heterocycles. The number of nitrogens with zero attached hydrogens (tertiary/aromatic N) is 5. The Balaban J connectivity index is 1.86. The van der Waals surface area contributed by atoms with Crippen molar-refractivity contribution in [1.29, 1.82) is 0 Å². The first-order valence-electron chi connectivity index (χ1n) is 6.77. The number of piperidine rings is 1. The van der Waals surface area contributed by atoms with Crippen LogP contribution in [0.25, 0.3) is 5.78 Å². The van der Waals surface area contributed by atoms with Crippen molar-refractivity contribution in [3.63, 3.8) is 0 Å². The Bertz CT molecular complexity index is 639. The second-order valence-electron chi connectivity index (χ2n) is 5.18. The molecule has 2 aromatic rings. The summed E-state index contributed by atoms with van der Waals surface area (Å²) in [6.07, 6.45) is 3.51. The van der Waals surface area contributed by atoms with Crippen molar-refractivity contribution in [2.45, 2.75) is 19.8 Å². The van der Waals surface area contributed by atoms with E-state index in [1.807, 2.05) is 13.0 Å². The van der Waals surface area contributed by atoms with Gasteiger partial charge in [-0.05, 0) is 31.7 Å². The summed E-state index contributed by atoms with van der Waals surface area (Å²) < 4.78 is 1.57. The van der Waals surface area contributed by atoms with E-state index < -0.39 is 0 Å². The van der Waals surface area contributed by atoms with Gasteiger partial charge in [-0.3, -0.25) is 4.79 Å². The van der Waals surface area contributed by atoms with E-state index in [1.54, 1.807) is 15.6 Å². The molecular formula is C13H17N5O2. The van der Waals surface area contributed by atoms with E-state index in [0.29, 0.717) is 18.9 Å². The van der Waals surface area contributed by atoms with Gasteiger partial charge in [-0.15, -0.1) is 5.10 Å². The largest absolute Gasteiger partial charge is 0.396 e. The Morgan fingerprint density at radius 3 is 3.15 bits per heavy atom. The van der Waals surface area contributed by atoms with Crippen molar-refractivity contribution in [3.05, 3.63) is 23.8 Å². The minimum atomic E-state index is -0.187. The summed E-state index contributed by atoms with van der Waals surface area (Å²) in [4.78, 5) is 22.4. The predicted octanol–water partition coefficient (Wildman–Crippen LogP) is 0.277. The summed E-state index contributed by atoms with van der Waals surface area (Å²) in [5.41, 5.74) is 0.883. The number of carbonyl (C=O) groups excluding carboxylic acids is 1. The molecule has 1 N–H and O–H groups in total. The van der Waals surface area contributed by atoms with Crippen LogP contribution in [0.15, 0.2) is 12.3 Å². The number of hydrogen-bond acceptors (Lipinski definition) is 5. The van der Waals surface area contributed by atoms with E-state index >= 15 is 0 Å². The lowest BCUT2D eigenvalue weighted by Gasteiger charge is -2.30. The van der Waals surface area contributed by atoms with Gasteiger partial charge in [-0.2, -0.15) is 4.98 Å². The first-order valence-corrected chi connectivity index (χ1v) is 6.77. The summed E-state index contributed by atoms with van der Waals surface area (Å²) in [6, 6.07) is 1.82. The number of rotatable bonds is 2. The number of amides is 1. The van der Waals surface area contributed by atoms with Gasteiger partial charge >= 0.3 is 0 Å². The van der Waals surface area contributed by atoms with Crippen LogP contribution >= 0.6 is 0 Å². The quantitative estimate of drug-likeness (QED) is 0.851. The fraction of sp³-hybridized carbons (Fsp3) is 0.538. The second kappa shape index (κ2) is 5.16. The van der Waals surface area contributed by atoms with Crippen LogP contribution in [-0.4, -0.2) is 55.2 Å². The van der Waals surface area contributed by atoms with E-state index in [1.165, 1.54) is 0 Å². The fourth-order valence-corrected chi connectivity index (χ4v) is 2.54. The molecule has 106 valence electrons. The molecule has 0 saturated carbocycles. The Labute approximate surface area is 116 Å². The zero-order valence-corrected chi connectivity index (χ0v) is 11.4. The lowest BCUT2D eigenvalue weighted by Crippen LogP contribution is -2.41. The van der Waals surface area contributed by atoms with Crippen LogP contribution in [0.1, 0.15) is 29.2 Å². The number of hydrogen-bond donors (Lipinski definition) is 1. The molecule has 0 radical (unpaired) electrons. The van der Waals surface area contributed by atoms with Crippen molar-refractivity contribution >= 4 is 11.7 Å². The number of carbonyl (C=O) groups is 1. The maximum Gasteiger partial charge on any atom is 0.293 e. The molecule has 2 aromatic heterocycles. The molecule has 1 fully saturated rings. The van der Waals surface area contributed by atoms with Crippen molar-refractivity contribution in [1.82, 2.24) is 24.5 Å². The number of fused-ring (bicyclic) bond motifs is 1. The Kier molecular flexibility index (Phi) is 3.35. The average Bonchev–Trinajstić information content (AvgIpc) is 2.92. The maximum atomic E-state index is 12.4. The molecule has 3 heterocycles. The molecule has 7 heteroatoms. The summed E-state index contributed by atoms with van der Waals surface area (Å²) in [5, 5.41) is 13.5. The molecule has 1 amide bonds. The standard InChI is InChI=1S/C13H17N5O2/c1-9-4-5-14-13-15-11(16-18(9)13)12(20)17-6-2-3-10(7-17)8-19/h4-5,10,19H,2-3,6-8H2,1H3. The van der Waals surface area contributed by atoms with Gasteiger partial charge in [-0.25, -0.2) is 9.50 Å². The van der Waals surface area contributed by atoms with Gasteiger partial charge in [0.15, 0.2) is 0 Å². The van der Waals surface area contributed by atoms with Crippen LogP contribution in [0.4, 0.5) is 0 Å². The Morgan fingerprint density at radius 1 is 1.55 bits per heavy atom. The maximum absolute atomic E-state index is 12.4. The minimum absolute atomic E-state index is 0.114. The van der Waals surface area contributed by atoms with Gasteiger partial charge in [0.05, 0.1) is 0 Å². The third-order valence-corrected chi connectivity index (χ3v) is 3.69. The zero-order chi connectivity index (χ0) is 14.1. The molecule has 1 unspecified atom stereocenters. The van der Waals surface area contributed by atoms with Crippen molar-refractivity contribution in [2.24, 2.45) is 5.92 Å². The van der Waals surface area contributed by atoms with E-state index in [9.17, 15) is 9.90 Å². The first kappa shape index (κ1) is 13.0. The van der Waals surface area contributed by atoms with Crippen LogP contribution < -0.4 is 0 Å². The van der Waals surface area contributed by atoms with Crippen LogP contribution in [0, 0.1) is 12.8 Å². The molecular weight excluding hydrogens is 258 g/mol. The first-order chi connectivity index (χ1) is 9.69. The molecule has 0 spiro atoms. The summed E-state index contributed by atoms with van der Waals surface area (Å²) >= 11 is 0. The van der Waals surface area contributed by atoms with Crippen molar-refractivity contribution in [3.8, 4) is 0 Å². The third kappa shape index (κ3) is 2.24. The molecule has 20 heavy (non-hydrogen) atoms. The highest BCUT2D eigenvalue weighted by Gasteiger charge is 2.26. The van der Waals surface area contributed by atoms with E-state index in [4.69, 9.17) is 0 Å². The van der Waals surface area contributed by atoms with Crippen LogP contribution in [0.3, 0.4) is 0 Å². The fourth-order valence-electron chi connectivity index (χ4n) is 2.54. The van der Waals surface area contributed by atoms with Crippen molar-refractivity contribution < 1.29 is 9.90 Å². The monoisotopic (exact) mass is 275 g/mol. The van der Waals surface area contributed by atoms with E-state index in [2.05, 4.69) is 15.1 Å². The molecule has 0 aliphatic carbocycles. The summed E-state index contributed by atoms with van der Waals surface area (Å²) in [5.74, 6) is 0.576. The minimum Gasteiger partial charge on any atom is -0.396 e. The SMILES string of the molecule is Cc1ccnc2nc(C(=O)N3CCCC(CO)C3)nn12. The highest BCUT2D eigenvalue weighted by molar-refractivity contribution is 5.91. The van der Waals surface area contributed by atoms with Crippen LogP contribution in [-0.2, 0) is 0 Å². The van der Waals surface area contributed by atoms with Gasteiger partial charge in [0.2, 0.25) is 5.82 Å². The Morgan fingerprint density at radius 2 is 2.40 bits per heavy atom. The van der Waals surface area contributed by atoms with Crippen LogP contribution in [0.2, 0.25) is 0 Å². The van der Waals surface area contributed by atoms with Gasteiger partial charge < -0.3 is 10.0 Å². The van der Waals surface area contributed by atoms with Gasteiger partial charge in [-0.1, -0.05) is 0 Å². The van der Waals surface area contributed by atoms with Crippen molar-refractivity contribution in [2.75, 3.05) is 19.7 Å².